The van der Waals surface area contributed by atoms with Crippen molar-refractivity contribution in [2.75, 3.05) is 25.4 Å². The summed E-state index contributed by atoms with van der Waals surface area (Å²) in [4.78, 5) is 25.5. The van der Waals surface area contributed by atoms with Crippen LogP contribution >= 0.6 is 0 Å². The summed E-state index contributed by atoms with van der Waals surface area (Å²) in [6.07, 6.45) is 0.860. The quantitative estimate of drug-likeness (QED) is 0.735. The van der Waals surface area contributed by atoms with Crippen molar-refractivity contribution in [3.8, 4) is 0 Å². The van der Waals surface area contributed by atoms with Crippen LogP contribution in [0.3, 0.4) is 0 Å². The highest BCUT2D eigenvalue weighted by Crippen LogP contribution is 2.32. The minimum atomic E-state index is -3.15. The number of carbonyl (C=O) groups is 2. The van der Waals surface area contributed by atoms with E-state index < -0.39 is 20.0 Å². The molecule has 1 unspecified atom stereocenters. The number of hydrogen-bond acceptors (Lipinski definition) is 4. The Kier molecular flexibility index (Phi) is 3.60. The number of piperidine rings is 1. The van der Waals surface area contributed by atoms with Crippen molar-refractivity contribution >= 4 is 21.7 Å². The predicted molar refractivity (Wildman–Crippen MR) is 74.8 cm³/mol. The molecule has 6 nitrogen and oxygen atoms in total. The lowest BCUT2D eigenvalue weighted by Gasteiger charge is -2.42. The maximum Gasteiger partial charge on any atom is 0.230 e. The molecule has 0 saturated carbocycles. The number of nitrogens with one attached hydrogen (secondary N) is 1. The second kappa shape index (κ2) is 4.72. The second-order valence-corrected chi connectivity index (χ2v) is 9.39. The highest BCUT2D eigenvalue weighted by molar-refractivity contribution is 7.92. The highest BCUT2D eigenvalue weighted by atomic mass is 32.2. The Morgan fingerprint density at radius 3 is 2.45 bits per heavy atom. The van der Waals surface area contributed by atoms with Gasteiger partial charge in [-0.1, -0.05) is 0 Å². The number of sulfone groups is 1. The normalized spacial score (nSPS) is 32.5. The van der Waals surface area contributed by atoms with Crippen molar-refractivity contribution in [2.24, 2.45) is 5.41 Å². The number of carbonyl (C=O) groups excluding carboxylic acids is 2. The van der Waals surface area contributed by atoms with Gasteiger partial charge in [-0.05, 0) is 27.2 Å². The van der Waals surface area contributed by atoms with Crippen LogP contribution in [0.2, 0.25) is 0 Å². The summed E-state index contributed by atoms with van der Waals surface area (Å²) in [5.41, 5.74) is -0.620. The van der Waals surface area contributed by atoms with Crippen LogP contribution in [0.1, 0.15) is 33.6 Å². The molecule has 114 valence electrons. The van der Waals surface area contributed by atoms with E-state index in [1.807, 2.05) is 6.92 Å². The molecule has 2 saturated heterocycles. The first kappa shape index (κ1) is 15.3. The minimum absolute atomic E-state index is 0.00811. The van der Waals surface area contributed by atoms with Crippen LogP contribution in [0.5, 0.6) is 0 Å². The van der Waals surface area contributed by atoms with Crippen molar-refractivity contribution in [1.82, 2.24) is 10.2 Å². The molecule has 2 amide bonds. The number of amides is 2. The Labute approximate surface area is 119 Å². The molecular formula is C13H22N2O4S. The van der Waals surface area contributed by atoms with Crippen LogP contribution < -0.4 is 5.32 Å². The smallest absolute Gasteiger partial charge is 0.230 e. The van der Waals surface area contributed by atoms with Crippen LogP contribution in [0.4, 0.5) is 0 Å². The van der Waals surface area contributed by atoms with Crippen molar-refractivity contribution in [2.45, 2.75) is 38.4 Å². The van der Waals surface area contributed by atoms with E-state index in [2.05, 4.69) is 5.32 Å². The third kappa shape index (κ3) is 2.55. The molecule has 0 aromatic carbocycles. The van der Waals surface area contributed by atoms with Gasteiger partial charge in [0.2, 0.25) is 11.8 Å². The Hall–Kier alpha value is -1.11. The molecule has 2 aliphatic heterocycles. The van der Waals surface area contributed by atoms with Gasteiger partial charge in [-0.3, -0.25) is 9.59 Å². The van der Waals surface area contributed by atoms with E-state index in [0.29, 0.717) is 19.4 Å². The van der Waals surface area contributed by atoms with Gasteiger partial charge in [-0.15, -0.1) is 0 Å². The lowest BCUT2D eigenvalue weighted by molar-refractivity contribution is -0.144. The Morgan fingerprint density at radius 1 is 1.30 bits per heavy atom. The highest BCUT2D eigenvalue weighted by Gasteiger charge is 2.46. The SMILES string of the molecule is CC1(C(=O)N2CCS(=O)(=O)C(C)(C)C2)CCC(=O)NC1. The molecule has 2 rings (SSSR count). The lowest BCUT2D eigenvalue weighted by atomic mass is 9.81. The van der Waals surface area contributed by atoms with E-state index in [4.69, 9.17) is 0 Å². The molecule has 0 aromatic heterocycles. The predicted octanol–water partition coefficient (Wildman–Crippen LogP) is -0.0617. The summed E-state index contributed by atoms with van der Waals surface area (Å²) in [5.74, 6) is -0.0777. The zero-order valence-corrected chi connectivity index (χ0v) is 13.0. The largest absolute Gasteiger partial charge is 0.355 e. The third-order valence-electron chi connectivity index (χ3n) is 4.43. The van der Waals surface area contributed by atoms with Gasteiger partial charge in [0.25, 0.3) is 0 Å². The average molecular weight is 302 g/mol. The van der Waals surface area contributed by atoms with E-state index in [0.717, 1.165) is 0 Å². The number of nitrogens with zero attached hydrogens (tertiary/aromatic N) is 1. The van der Waals surface area contributed by atoms with Gasteiger partial charge in [-0.2, -0.15) is 0 Å². The fourth-order valence-electron chi connectivity index (χ4n) is 2.74. The van der Waals surface area contributed by atoms with E-state index in [1.165, 1.54) is 0 Å². The van der Waals surface area contributed by atoms with Crippen LogP contribution in [-0.4, -0.2) is 55.3 Å². The van der Waals surface area contributed by atoms with Gasteiger partial charge in [-0.25, -0.2) is 8.42 Å². The van der Waals surface area contributed by atoms with Gasteiger partial charge in [0.05, 0.1) is 15.9 Å². The standard InChI is InChI=1S/C13H22N2O4S/c1-12(2)9-15(6-7-20(12,18)19)11(17)13(3)5-4-10(16)14-8-13/h4-9H2,1-3H3,(H,14,16). The van der Waals surface area contributed by atoms with Gasteiger partial charge < -0.3 is 10.2 Å². The van der Waals surface area contributed by atoms with Crippen LogP contribution in [0.15, 0.2) is 0 Å². The first-order valence-corrected chi connectivity index (χ1v) is 8.51. The van der Waals surface area contributed by atoms with Crippen molar-refractivity contribution < 1.29 is 18.0 Å². The van der Waals surface area contributed by atoms with E-state index >= 15 is 0 Å². The molecular weight excluding hydrogens is 280 g/mol. The van der Waals surface area contributed by atoms with E-state index in [1.54, 1.807) is 18.7 Å². The average Bonchev–Trinajstić information content (AvgIpc) is 2.36. The number of rotatable bonds is 1. The molecule has 2 aliphatic rings. The van der Waals surface area contributed by atoms with E-state index in [-0.39, 0.29) is 30.7 Å². The zero-order chi connectivity index (χ0) is 15.2. The summed E-state index contributed by atoms with van der Waals surface area (Å²) in [6, 6.07) is 0. The zero-order valence-electron chi connectivity index (χ0n) is 12.2. The van der Waals surface area contributed by atoms with Crippen molar-refractivity contribution in [3.05, 3.63) is 0 Å². The molecule has 0 radical (unpaired) electrons. The molecule has 1 atom stereocenters. The maximum atomic E-state index is 12.7. The lowest BCUT2D eigenvalue weighted by Crippen LogP contribution is -2.59. The molecule has 2 heterocycles. The van der Waals surface area contributed by atoms with Crippen molar-refractivity contribution in [1.29, 1.82) is 0 Å². The molecule has 2 fully saturated rings. The van der Waals surface area contributed by atoms with Crippen LogP contribution in [-0.2, 0) is 19.4 Å². The molecule has 0 spiro atoms. The van der Waals surface area contributed by atoms with Gasteiger partial charge in [0.1, 0.15) is 0 Å². The minimum Gasteiger partial charge on any atom is -0.355 e. The Morgan fingerprint density at radius 2 is 1.95 bits per heavy atom. The summed E-state index contributed by atoms with van der Waals surface area (Å²) < 4.78 is 23.0. The van der Waals surface area contributed by atoms with Crippen LogP contribution in [0.25, 0.3) is 0 Å². The molecule has 0 bridgehead atoms. The topological polar surface area (TPSA) is 83.6 Å². The Bertz CT molecular complexity index is 529. The summed E-state index contributed by atoms with van der Waals surface area (Å²) in [6.45, 7) is 5.95. The molecule has 7 heteroatoms. The fourth-order valence-corrected chi connectivity index (χ4v) is 4.11. The van der Waals surface area contributed by atoms with E-state index in [9.17, 15) is 18.0 Å². The number of hydrogen-bond donors (Lipinski definition) is 1. The summed E-state index contributed by atoms with van der Waals surface area (Å²) >= 11 is 0. The first-order valence-electron chi connectivity index (χ1n) is 6.86. The van der Waals surface area contributed by atoms with Gasteiger partial charge in [0, 0.05) is 26.1 Å². The van der Waals surface area contributed by atoms with Crippen LogP contribution in [0, 0.1) is 5.41 Å². The molecule has 0 aliphatic carbocycles. The van der Waals surface area contributed by atoms with Gasteiger partial charge in [0.15, 0.2) is 9.84 Å². The molecule has 0 aromatic rings. The monoisotopic (exact) mass is 302 g/mol. The second-order valence-electron chi connectivity index (χ2n) is 6.64. The first-order chi connectivity index (χ1) is 9.07. The summed E-state index contributed by atoms with van der Waals surface area (Å²) in [7, 11) is -3.15. The molecule has 1 N–H and O–H groups in total. The van der Waals surface area contributed by atoms with Gasteiger partial charge >= 0.3 is 0 Å². The fraction of sp³-hybridized carbons (Fsp3) is 0.846. The van der Waals surface area contributed by atoms with Crippen molar-refractivity contribution in [3.63, 3.8) is 0 Å². The molecule has 20 heavy (non-hydrogen) atoms. The third-order valence-corrected chi connectivity index (χ3v) is 6.96. The maximum absolute atomic E-state index is 12.7. The summed E-state index contributed by atoms with van der Waals surface area (Å²) in [5, 5.41) is 2.72. The Balaban J connectivity index is 2.13.